The SMILES string of the molecule is Brc1cnc(N2CCCC3CCCC32)c(Br)c1. The Morgan fingerprint density at radius 2 is 2.00 bits per heavy atom. The summed E-state index contributed by atoms with van der Waals surface area (Å²) in [7, 11) is 0. The van der Waals surface area contributed by atoms with Crippen molar-refractivity contribution in [3.8, 4) is 0 Å². The molecule has 1 saturated carbocycles. The van der Waals surface area contributed by atoms with Crippen molar-refractivity contribution < 1.29 is 0 Å². The molecule has 2 heterocycles. The maximum atomic E-state index is 4.59. The van der Waals surface area contributed by atoms with Gasteiger partial charge in [-0.2, -0.15) is 0 Å². The highest BCUT2D eigenvalue weighted by Gasteiger charge is 2.36. The first-order valence-electron chi connectivity index (χ1n) is 6.33. The Balaban J connectivity index is 1.91. The van der Waals surface area contributed by atoms with Crippen LogP contribution in [0.4, 0.5) is 5.82 Å². The minimum Gasteiger partial charge on any atom is -0.352 e. The number of anilines is 1. The number of fused-ring (bicyclic) bond motifs is 1. The van der Waals surface area contributed by atoms with Gasteiger partial charge in [0.05, 0.1) is 4.47 Å². The molecule has 0 bridgehead atoms. The second-order valence-corrected chi connectivity index (χ2v) is 6.82. The van der Waals surface area contributed by atoms with Gasteiger partial charge in [0.2, 0.25) is 0 Å². The fraction of sp³-hybridized carbons (Fsp3) is 0.615. The van der Waals surface area contributed by atoms with Crippen LogP contribution in [-0.2, 0) is 0 Å². The molecule has 1 saturated heterocycles. The average Bonchev–Trinajstić information content (AvgIpc) is 2.77. The van der Waals surface area contributed by atoms with Crippen molar-refractivity contribution in [3.63, 3.8) is 0 Å². The van der Waals surface area contributed by atoms with Gasteiger partial charge < -0.3 is 4.90 Å². The summed E-state index contributed by atoms with van der Waals surface area (Å²) >= 11 is 7.11. The molecule has 2 atom stereocenters. The maximum Gasteiger partial charge on any atom is 0.143 e. The molecule has 17 heavy (non-hydrogen) atoms. The van der Waals surface area contributed by atoms with Crippen LogP contribution in [0.5, 0.6) is 0 Å². The second-order valence-electron chi connectivity index (χ2n) is 5.05. The molecule has 3 rings (SSSR count). The summed E-state index contributed by atoms with van der Waals surface area (Å²) in [5, 5.41) is 0. The third-order valence-corrected chi connectivity index (χ3v) is 5.07. The number of halogens is 2. The Morgan fingerprint density at radius 3 is 2.82 bits per heavy atom. The third kappa shape index (κ3) is 2.26. The van der Waals surface area contributed by atoms with Gasteiger partial charge in [0.15, 0.2) is 0 Å². The van der Waals surface area contributed by atoms with Crippen molar-refractivity contribution in [2.24, 2.45) is 5.92 Å². The minimum absolute atomic E-state index is 0.730. The van der Waals surface area contributed by atoms with E-state index in [4.69, 9.17) is 0 Å². The molecule has 1 aromatic rings. The molecule has 2 nitrogen and oxygen atoms in total. The number of nitrogens with zero attached hydrogens (tertiary/aromatic N) is 2. The van der Waals surface area contributed by atoms with Crippen molar-refractivity contribution in [2.75, 3.05) is 11.4 Å². The summed E-state index contributed by atoms with van der Waals surface area (Å²) in [5.74, 6) is 2.03. The Morgan fingerprint density at radius 1 is 1.18 bits per heavy atom. The van der Waals surface area contributed by atoms with E-state index in [0.29, 0.717) is 0 Å². The smallest absolute Gasteiger partial charge is 0.143 e. The Kier molecular flexibility index (Phi) is 3.44. The quantitative estimate of drug-likeness (QED) is 0.739. The molecule has 92 valence electrons. The van der Waals surface area contributed by atoms with Gasteiger partial charge in [-0.05, 0) is 69.5 Å². The molecule has 0 N–H and O–H groups in total. The van der Waals surface area contributed by atoms with Gasteiger partial charge in [-0.3, -0.25) is 0 Å². The van der Waals surface area contributed by atoms with Crippen LogP contribution in [0.15, 0.2) is 21.2 Å². The van der Waals surface area contributed by atoms with E-state index in [0.717, 1.165) is 33.3 Å². The maximum absolute atomic E-state index is 4.59. The van der Waals surface area contributed by atoms with E-state index in [1.54, 1.807) is 0 Å². The predicted octanol–water partition coefficient (Wildman–Crippen LogP) is 4.38. The lowest BCUT2D eigenvalue weighted by Gasteiger charge is -2.39. The van der Waals surface area contributed by atoms with Gasteiger partial charge in [-0.1, -0.05) is 6.42 Å². The predicted molar refractivity (Wildman–Crippen MR) is 77.3 cm³/mol. The summed E-state index contributed by atoms with van der Waals surface area (Å²) in [5.41, 5.74) is 0. The topological polar surface area (TPSA) is 16.1 Å². The molecule has 0 aromatic carbocycles. The Hall–Kier alpha value is -0.0900. The van der Waals surface area contributed by atoms with E-state index in [2.05, 4.69) is 47.8 Å². The zero-order valence-corrected chi connectivity index (χ0v) is 12.9. The van der Waals surface area contributed by atoms with Crippen LogP contribution < -0.4 is 4.90 Å². The van der Waals surface area contributed by atoms with Gasteiger partial charge >= 0.3 is 0 Å². The van der Waals surface area contributed by atoms with Crippen molar-refractivity contribution in [2.45, 2.75) is 38.1 Å². The first-order valence-corrected chi connectivity index (χ1v) is 7.92. The van der Waals surface area contributed by atoms with Crippen LogP contribution in [0.1, 0.15) is 32.1 Å². The van der Waals surface area contributed by atoms with E-state index in [1.807, 2.05) is 6.20 Å². The molecule has 2 aliphatic rings. The normalized spacial score (nSPS) is 28.2. The number of piperidine rings is 1. The lowest BCUT2D eigenvalue weighted by molar-refractivity contribution is 0.360. The fourth-order valence-electron chi connectivity index (χ4n) is 3.34. The van der Waals surface area contributed by atoms with Crippen LogP contribution in [0.2, 0.25) is 0 Å². The largest absolute Gasteiger partial charge is 0.352 e. The highest BCUT2D eigenvalue weighted by atomic mass is 79.9. The van der Waals surface area contributed by atoms with Gasteiger partial charge in [0.25, 0.3) is 0 Å². The average molecular weight is 360 g/mol. The Bertz CT molecular complexity index is 422. The van der Waals surface area contributed by atoms with Crippen LogP contribution >= 0.6 is 31.9 Å². The van der Waals surface area contributed by atoms with E-state index in [1.165, 1.54) is 32.1 Å². The van der Waals surface area contributed by atoms with Crippen molar-refractivity contribution in [3.05, 3.63) is 21.2 Å². The van der Waals surface area contributed by atoms with Gasteiger partial charge in [-0.25, -0.2) is 4.98 Å². The van der Waals surface area contributed by atoms with Gasteiger partial charge in [0.1, 0.15) is 5.82 Å². The number of pyridine rings is 1. The monoisotopic (exact) mass is 358 g/mol. The molecule has 1 aliphatic carbocycles. The first kappa shape index (κ1) is 12.0. The first-order chi connectivity index (χ1) is 8.25. The summed E-state index contributed by atoms with van der Waals surface area (Å²) in [6, 6.07) is 2.83. The minimum atomic E-state index is 0.730. The van der Waals surface area contributed by atoms with Crippen LogP contribution in [-0.4, -0.2) is 17.6 Å². The van der Waals surface area contributed by atoms with Crippen LogP contribution in [0, 0.1) is 5.92 Å². The van der Waals surface area contributed by atoms with Crippen molar-refractivity contribution >= 4 is 37.7 Å². The molecule has 0 amide bonds. The summed E-state index contributed by atoms with van der Waals surface area (Å²) in [4.78, 5) is 7.12. The standard InChI is InChI=1S/C13H16Br2N2/c14-10-7-11(15)13(16-8-10)17-6-2-4-9-3-1-5-12(9)17/h7-9,12H,1-6H2. The van der Waals surface area contributed by atoms with Crippen molar-refractivity contribution in [1.82, 2.24) is 4.98 Å². The van der Waals surface area contributed by atoms with Crippen LogP contribution in [0.3, 0.4) is 0 Å². The molecule has 4 heteroatoms. The third-order valence-electron chi connectivity index (χ3n) is 4.05. The lowest BCUT2D eigenvalue weighted by atomic mass is 9.92. The number of rotatable bonds is 1. The van der Waals surface area contributed by atoms with Crippen LogP contribution in [0.25, 0.3) is 0 Å². The van der Waals surface area contributed by atoms with E-state index >= 15 is 0 Å². The fourth-order valence-corrected chi connectivity index (χ4v) is 4.55. The number of hydrogen-bond donors (Lipinski definition) is 0. The summed E-state index contributed by atoms with van der Waals surface area (Å²) < 4.78 is 2.15. The molecule has 2 fully saturated rings. The summed E-state index contributed by atoms with van der Waals surface area (Å²) in [6.45, 7) is 1.16. The lowest BCUT2D eigenvalue weighted by Crippen LogP contribution is -2.43. The van der Waals surface area contributed by atoms with E-state index in [-0.39, 0.29) is 0 Å². The molecular formula is C13H16Br2N2. The molecular weight excluding hydrogens is 344 g/mol. The van der Waals surface area contributed by atoms with Crippen molar-refractivity contribution in [1.29, 1.82) is 0 Å². The highest BCUT2D eigenvalue weighted by Crippen LogP contribution is 2.40. The number of hydrogen-bond acceptors (Lipinski definition) is 2. The second kappa shape index (κ2) is 4.88. The van der Waals surface area contributed by atoms with Gasteiger partial charge in [0, 0.05) is 23.3 Å². The number of aromatic nitrogens is 1. The molecule has 0 radical (unpaired) electrons. The Labute approximate surface area is 119 Å². The highest BCUT2D eigenvalue weighted by molar-refractivity contribution is 9.11. The molecule has 1 aromatic heterocycles. The van der Waals surface area contributed by atoms with Gasteiger partial charge in [-0.15, -0.1) is 0 Å². The zero-order valence-electron chi connectivity index (χ0n) is 9.70. The summed E-state index contributed by atoms with van der Waals surface area (Å²) in [6.07, 6.45) is 8.77. The van der Waals surface area contributed by atoms with E-state index in [9.17, 15) is 0 Å². The van der Waals surface area contributed by atoms with E-state index < -0.39 is 0 Å². The zero-order chi connectivity index (χ0) is 11.8. The molecule has 1 aliphatic heterocycles. The molecule has 2 unspecified atom stereocenters. The molecule has 0 spiro atoms.